The molecule has 16 heavy (non-hydrogen) atoms. The number of methoxy groups -OCH3 is 2. The van der Waals surface area contributed by atoms with Gasteiger partial charge in [-0.2, -0.15) is 0 Å². The van der Waals surface area contributed by atoms with E-state index in [2.05, 4.69) is 14.7 Å². The Balaban J connectivity index is 2.70. The van der Waals surface area contributed by atoms with Crippen LogP contribution in [-0.4, -0.2) is 42.9 Å². The predicted octanol–water partition coefficient (Wildman–Crippen LogP) is 0.677. The lowest BCUT2D eigenvalue weighted by molar-refractivity contribution is 0.0588. The van der Waals surface area contributed by atoms with Crippen molar-refractivity contribution < 1.29 is 19.0 Å². The lowest BCUT2D eigenvalue weighted by atomic mass is 10.4. The number of aromatic nitrogens is 2. The first-order chi connectivity index (χ1) is 7.67. The van der Waals surface area contributed by atoms with Gasteiger partial charge in [0.1, 0.15) is 6.10 Å². The Morgan fingerprint density at radius 2 is 2.19 bits per heavy atom. The highest BCUT2D eigenvalue weighted by Crippen LogP contribution is 2.08. The largest absolute Gasteiger partial charge is 0.471 e. The van der Waals surface area contributed by atoms with Gasteiger partial charge in [0.15, 0.2) is 5.69 Å². The van der Waals surface area contributed by atoms with Crippen LogP contribution in [0.25, 0.3) is 0 Å². The topological polar surface area (TPSA) is 70.5 Å². The Morgan fingerprint density at radius 3 is 2.81 bits per heavy atom. The summed E-state index contributed by atoms with van der Waals surface area (Å²) in [4.78, 5) is 19.0. The number of hydrogen-bond acceptors (Lipinski definition) is 6. The summed E-state index contributed by atoms with van der Waals surface area (Å²) in [5.74, 6) is -0.273. The van der Waals surface area contributed by atoms with Crippen LogP contribution in [0.4, 0.5) is 0 Å². The van der Waals surface area contributed by atoms with Crippen LogP contribution >= 0.6 is 0 Å². The molecule has 1 aromatic heterocycles. The zero-order chi connectivity index (χ0) is 12.0. The van der Waals surface area contributed by atoms with Crippen LogP contribution in [0.3, 0.4) is 0 Å². The molecule has 0 aliphatic carbocycles. The second kappa shape index (κ2) is 6.02. The molecule has 1 heterocycles. The Bertz CT molecular complexity index is 356. The molecule has 1 atom stereocenters. The fourth-order valence-corrected chi connectivity index (χ4v) is 1.08. The van der Waals surface area contributed by atoms with Gasteiger partial charge in [0, 0.05) is 7.11 Å². The van der Waals surface area contributed by atoms with E-state index >= 15 is 0 Å². The number of carbonyl (C=O) groups is 1. The number of rotatable bonds is 5. The van der Waals surface area contributed by atoms with Gasteiger partial charge in [0.25, 0.3) is 0 Å². The minimum absolute atomic E-state index is 0.115. The fourth-order valence-electron chi connectivity index (χ4n) is 1.08. The molecule has 6 heteroatoms. The van der Waals surface area contributed by atoms with Crippen molar-refractivity contribution >= 4 is 5.97 Å². The first kappa shape index (κ1) is 12.4. The molecule has 0 saturated heterocycles. The van der Waals surface area contributed by atoms with E-state index in [1.165, 1.54) is 19.5 Å². The van der Waals surface area contributed by atoms with Crippen molar-refractivity contribution in [3.05, 3.63) is 18.1 Å². The van der Waals surface area contributed by atoms with E-state index in [4.69, 9.17) is 9.47 Å². The summed E-state index contributed by atoms with van der Waals surface area (Å²) in [5.41, 5.74) is 0.115. The van der Waals surface area contributed by atoms with Gasteiger partial charge in [-0.05, 0) is 6.92 Å². The van der Waals surface area contributed by atoms with Crippen molar-refractivity contribution in [3.8, 4) is 5.88 Å². The van der Waals surface area contributed by atoms with Crippen molar-refractivity contribution in [1.82, 2.24) is 9.97 Å². The molecule has 0 amide bonds. The highest BCUT2D eigenvalue weighted by atomic mass is 16.5. The Kier molecular flexibility index (Phi) is 4.65. The Hall–Kier alpha value is -1.69. The van der Waals surface area contributed by atoms with Crippen molar-refractivity contribution in [1.29, 1.82) is 0 Å². The number of esters is 1. The van der Waals surface area contributed by atoms with Crippen molar-refractivity contribution in [2.24, 2.45) is 0 Å². The average molecular weight is 226 g/mol. The molecular formula is C10H14N2O4. The van der Waals surface area contributed by atoms with Crippen LogP contribution in [-0.2, 0) is 9.47 Å². The van der Waals surface area contributed by atoms with Gasteiger partial charge in [-0.25, -0.2) is 9.78 Å². The molecule has 1 rings (SSSR count). The third-order valence-corrected chi connectivity index (χ3v) is 1.73. The summed E-state index contributed by atoms with van der Waals surface area (Å²) in [6.07, 6.45) is 2.59. The summed E-state index contributed by atoms with van der Waals surface area (Å²) in [6, 6.07) is 0. The van der Waals surface area contributed by atoms with E-state index in [0.717, 1.165) is 0 Å². The highest BCUT2D eigenvalue weighted by molar-refractivity contribution is 5.86. The smallest absolute Gasteiger partial charge is 0.358 e. The molecule has 0 radical (unpaired) electrons. The van der Waals surface area contributed by atoms with Gasteiger partial charge in [-0.1, -0.05) is 0 Å². The SMILES string of the molecule is COCC(C)Oc1cncc(C(=O)OC)n1. The summed E-state index contributed by atoms with van der Waals surface area (Å²) >= 11 is 0. The van der Waals surface area contributed by atoms with Crippen molar-refractivity contribution in [2.75, 3.05) is 20.8 Å². The maximum atomic E-state index is 11.2. The van der Waals surface area contributed by atoms with Crippen molar-refractivity contribution in [2.45, 2.75) is 13.0 Å². The molecule has 0 aromatic carbocycles. The van der Waals surface area contributed by atoms with Gasteiger partial charge >= 0.3 is 5.97 Å². The second-order valence-corrected chi connectivity index (χ2v) is 3.12. The molecule has 0 saturated carbocycles. The maximum Gasteiger partial charge on any atom is 0.358 e. The molecule has 88 valence electrons. The molecule has 0 N–H and O–H groups in total. The maximum absolute atomic E-state index is 11.2. The van der Waals surface area contributed by atoms with E-state index in [0.29, 0.717) is 6.61 Å². The first-order valence-electron chi connectivity index (χ1n) is 4.73. The molecule has 0 aliphatic heterocycles. The zero-order valence-corrected chi connectivity index (χ0v) is 9.47. The van der Waals surface area contributed by atoms with Crippen molar-refractivity contribution in [3.63, 3.8) is 0 Å². The van der Waals surface area contributed by atoms with Gasteiger partial charge in [0.05, 0.1) is 26.1 Å². The summed E-state index contributed by atoms with van der Waals surface area (Å²) in [6.45, 7) is 2.26. The quantitative estimate of drug-likeness (QED) is 0.687. The third-order valence-electron chi connectivity index (χ3n) is 1.73. The van der Waals surface area contributed by atoms with Crippen LogP contribution in [0, 0.1) is 0 Å². The molecule has 6 nitrogen and oxygen atoms in total. The molecule has 1 aromatic rings. The summed E-state index contributed by atoms with van der Waals surface area (Å²) in [5, 5.41) is 0. The summed E-state index contributed by atoms with van der Waals surface area (Å²) < 4.78 is 14.8. The molecule has 0 fully saturated rings. The first-order valence-corrected chi connectivity index (χ1v) is 4.73. The van der Waals surface area contributed by atoms with E-state index in [1.54, 1.807) is 7.11 Å². The zero-order valence-electron chi connectivity index (χ0n) is 9.47. The van der Waals surface area contributed by atoms with Gasteiger partial charge in [0.2, 0.25) is 5.88 Å². The normalized spacial score (nSPS) is 11.9. The monoisotopic (exact) mass is 226 g/mol. The molecule has 0 bridgehead atoms. The van der Waals surface area contributed by atoms with Gasteiger partial charge < -0.3 is 14.2 Å². The Morgan fingerprint density at radius 1 is 1.44 bits per heavy atom. The molecule has 1 unspecified atom stereocenters. The minimum atomic E-state index is -0.544. The van der Waals surface area contributed by atoms with Crippen LogP contribution in [0.5, 0.6) is 5.88 Å². The molecule has 0 aliphatic rings. The van der Waals surface area contributed by atoms with Crippen LogP contribution in [0.1, 0.15) is 17.4 Å². The molecular weight excluding hydrogens is 212 g/mol. The lowest BCUT2D eigenvalue weighted by Crippen LogP contribution is -2.19. The van der Waals surface area contributed by atoms with Crippen LogP contribution in [0.2, 0.25) is 0 Å². The highest BCUT2D eigenvalue weighted by Gasteiger charge is 2.10. The van der Waals surface area contributed by atoms with E-state index < -0.39 is 5.97 Å². The average Bonchev–Trinajstić information content (AvgIpc) is 2.28. The second-order valence-electron chi connectivity index (χ2n) is 3.12. The number of ether oxygens (including phenoxy) is 3. The van der Waals surface area contributed by atoms with Gasteiger partial charge in [-0.3, -0.25) is 4.98 Å². The van der Waals surface area contributed by atoms with Crippen LogP contribution in [0.15, 0.2) is 12.4 Å². The molecule has 0 spiro atoms. The van der Waals surface area contributed by atoms with E-state index in [1.807, 2.05) is 6.92 Å². The van der Waals surface area contributed by atoms with Gasteiger partial charge in [-0.15, -0.1) is 0 Å². The third kappa shape index (κ3) is 3.47. The standard InChI is InChI=1S/C10H14N2O4/c1-7(6-14-2)16-9-5-11-4-8(12-9)10(13)15-3/h4-5,7H,6H2,1-3H3. The Labute approximate surface area is 93.6 Å². The lowest BCUT2D eigenvalue weighted by Gasteiger charge is -2.12. The van der Waals surface area contributed by atoms with Crippen LogP contribution < -0.4 is 4.74 Å². The number of carbonyl (C=O) groups excluding carboxylic acids is 1. The number of nitrogens with zero attached hydrogens (tertiary/aromatic N) is 2. The van der Waals surface area contributed by atoms with E-state index in [9.17, 15) is 4.79 Å². The minimum Gasteiger partial charge on any atom is -0.471 e. The predicted molar refractivity (Wildman–Crippen MR) is 55.3 cm³/mol. The number of hydrogen-bond donors (Lipinski definition) is 0. The summed E-state index contributed by atoms with van der Waals surface area (Å²) in [7, 11) is 2.86. The van der Waals surface area contributed by atoms with E-state index in [-0.39, 0.29) is 17.7 Å². The fraction of sp³-hybridized carbons (Fsp3) is 0.500.